The maximum Gasteiger partial charge on any atom is 0.407 e. The fourth-order valence-electron chi connectivity index (χ4n) is 7.78. The van der Waals surface area contributed by atoms with Crippen LogP contribution in [0.1, 0.15) is 195 Å². The van der Waals surface area contributed by atoms with Crippen molar-refractivity contribution in [2.45, 2.75) is 207 Å². The number of hydrogen-bond acceptors (Lipinski definition) is 12. The number of nitrogens with one attached hydrogen (secondary N) is 1. The second kappa shape index (κ2) is 45.2. The third-order valence-corrected chi connectivity index (χ3v) is 12.0. The number of unbranched alkanes of at least 4 members (excludes halogenated alkanes) is 8. The molecule has 1 heterocycles. The molecule has 1 N–H and O–H groups in total. The molecule has 1 amide bonds. The van der Waals surface area contributed by atoms with Gasteiger partial charge in [0.25, 0.3) is 0 Å². The lowest BCUT2D eigenvalue weighted by Gasteiger charge is -2.32. The number of rotatable bonds is 43. The number of amides is 1. The zero-order chi connectivity index (χ0) is 50.4. The van der Waals surface area contributed by atoms with E-state index >= 15 is 0 Å². The van der Waals surface area contributed by atoms with E-state index in [2.05, 4.69) is 98.5 Å². The van der Waals surface area contributed by atoms with E-state index in [-0.39, 0.29) is 56.8 Å². The highest BCUT2D eigenvalue weighted by Gasteiger charge is 2.20. The quantitative estimate of drug-likeness (QED) is 0.0268. The number of hydrogen-bond donors (Lipinski definition) is 1. The smallest absolute Gasteiger partial charge is 0.407 e. The summed E-state index contributed by atoms with van der Waals surface area (Å²) in [6, 6.07) is 0. The van der Waals surface area contributed by atoms with Gasteiger partial charge in [0.2, 0.25) is 0 Å². The minimum absolute atomic E-state index is 0.0785. The van der Waals surface area contributed by atoms with Crippen LogP contribution in [0.3, 0.4) is 0 Å². The number of ether oxygens (including phenoxy) is 5. The van der Waals surface area contributed by atoms with Crippen LogP contribution in [-0.2, 0) is 42.9 Å². The molecule has 0 aromatic heterocycles. The molecule has 0 spiro atoms. The fourth-order valence-corrected chi connectivity index (χ4v) is 7.78. The SMILES string of the molecule is CC/C=C\CCCC(CCC/C=C\CC)OC(=O)CCCCCC(=O)OCC(COC(=O)CCCCCC(=O)OC(CCC/C=C\CC)CCC/C=C\CC)COC(=O)NCCN1CCN(C)CC1. The van der Waals surface area contributed by atoms with Crippen LogP contribution < -0.4 is 5.32 Å². The normalized spacial score (nSPS) is 13.7. The Morgan fingerprint density at radius 1 is 0.464 bits per heavy atom. The van der Waals surface area contributed by atoms with Crippen LogP contribution in [0.25, 0.3) is 0 Å². The third-order valence-electron chi connectivity index (χ3n) is 12.0. The van der Waals surface area contributed by atoms with Crippen LogP contribution in [0.5, 0.6) is 0 Å². The molecule has 0 bridgehead atoms. The van der Waals surface area contributed by atoms with Gasteiger partial charge in [-0.05, 0) is 135 Å². The molecular weight excluding hydrogens is 875 g/mol. The third kappa shape index (κ3) is 39.4. The summed E-state index contributed by atoms with van der Waals surface area (Å²) < 4.78 is 28.4. The van der Waals surface area contributed by atoms with E-state index in [1.807, 2.05) is 0 Å². The Balaban J connectivity index is 2.57. The fraction of sp³-hybridized carbons (Fsp3) is 0.768. The summed E-state index contributed by atoms with van der Waals surface area (Å²) in [5.41, 5.74) is 0. The van der Waals surface area contributed by atoms with Crippen molar-refractivity contribution in [3.63, 3.8) is 0 Å². The van der Waals surface area contributed by atoms with Crippen molar-refractivity contribution in [3.8, 4) is 0 Å². The molecule has 69 heavy (non-hydrogen) atoms. The molecule has 1 aliphatic heterocycles. The molecule has 396 valence electrons. The summed E-state index contributed by atoms with van der Waals surface area (Å²) in [7, 11) is 2.10. The number of carbonyl (C=O) groups excluding carboxylic acids is 5. The summed E-state index contributed by atoms with van der Waals surface area (Å²) in [6.45, 7) is 13.2. The lowest BCUT2D eigenvalue weighted by atomic mass is 10.0. The average molecular weight is 972 g/mol. The number of allylic oxidation sites excluding steroid dienone is 8. The van der Waals surface area contributed by atoms with E-state index in [1.165, 1.54) is 0 Å². The van der Waals surface area contributed by atoms with Crippen molar-refractivity contribution >= 4 is 30.0 Å². The number of nitrogens with zero attached hydrogens (tertiary/aromatic N) is 2. The van der Waals surface area contributed by atoms with Crippen molar-refractivity contribution in [1.29, 1.82) is 0 Å². The molecule has 0 aromatic carbocycles. The number of likely N-dealkylation sites (N-methyl/N-ethyl adjacent to an activating group) is 1. The van der Waals surface area contributed by atoms with Crippen molar-refractivity contribution < 1.29 is 47.7 Å². The second-order valence-corrected chi connectivity index (χ2v) is 18.5. The zero-order valence-electron chi connectivity index (χ0n) is 44.1. The highest BCUT2D eigenvalue weighted by atomic mass is 16.6. The molecule has 1 rings (SSSR count). The molecule has 0 saturated carbocycles. The first-order valence-corrected chi connectivity index (χ1v) is 27.2. The van der Waals surface area contributed by atoms with Gasteiger partial charge >= 0.3 is 30.0 Å². The number of piperazine rings is 1. The summed E-state index contributed by atoms with van der Waals surface area (Å²) in [5.74, 6) is -1.74. The topological polar surface area (TPSA) is 150 Å². The Morgan fingerprint density at radius 3 is 1.20 bits per heavy atom. The van der Waals surface area contributed by atoms with Crippen LogP contribution in [0.4, 0.5) is 4.79 Å². The van der Waals surface area contributed by atoms with E-state index in [0.29, 0.717) is 64.5 Å². The van der Waals surface area contributed by atoms with Gasteiger partial charge in [-0.15, -0.1) is 0 Å². The molecule has 0 radical (unpaired) electrons. The molecule has 1 saturated heterocycles. The second-order valence-electron chi connectivity index (χ2n) is 18.5. The lowest BCUT2D eigenvalue weighted by Crippen LogP contribution is -2.47. The predicted molar refractivity (Wildman–Crippen MR) is 278 cm³/mol. The van der Waals surface area contributed by atoms with Crippen LogP contribution in [0.2, 0.25) is 0 Å². The van der Waals surface area contributed by atoms with Crippen molar-refractivity contribution in [1.82, 2.24) is 15.1 Å². The average Bonchev–Trinajstić information content (AvgIpc) is 3.33. The number of carbonyl (C=O) groups is 5. The van der Waals surface area contributed by atoms with Crippen LogP contribution in [-0.4, -0.2) is 118 Å². The van der Waals surface area contributed by atoms with Crippen LogP contribution >= 0.6 is 0 Å². The van der Waals surface area contributed by atoms with Gasteiger partial charge < -0.3 is 33.9 Å². The van der Waals surface area contributed by atoms with E-state index < -0.39 is 23.9 Å². The highest BCUT2D eigenvalue weighted by molar-refractivity contribution is 5.71. The molecule has 0 aromatic rings. The van der Waals surface area contributed by atoms with E-state index in [0.717, 1.165) is 129 Å². The molecule has 0 unspecified atom stereocenters. The lowest BCUT2D eigenvalue weighted by molar-refractivity contribution is -0.151. The Morgan fingerprint density at radius 2 is 0.826 bits per heavy atom. The Labute approximate surface area is 418 Å². The van der Waals surface area contributed by atoms with Crippen molar-refractivity contribution in [3.05, 3.63) is 48.6 Å². The Hall–Kier alpha value is -3.97. The van der Waals surface area contributed by atoms with Crippen molar-refractivity contribution in [2.75, 3.05) is 66.1 Å². The number of esters is 4. The van der Waals surface area contributed by atoms with Crippen LogP contribution in [0.15, 0.2) is 48.6 Å². The van der Waals surface area contributed by atoms with Gasteiger partial charge in [-0.3, -0.25) is 24.1 Å². The maximum atomic E-state index is 12.8. The van der Waals surface area contributed by atoms with Gasteiger partial charge in [0.1, 0.15) is 32.0 Å². The number of alkyl carbamates (subject to hydrolysis) is 1. The molecular formula is C56H97N3O10. The molecule has 13 heteroatoms. The summed E-state index contributed by atoms with van der Waals surface area (Å²) in [5, 5.41) is 2.80. The van der Waals surface area contributed by atoms with E-state index in [1.54, 1.807) is 0 Å². The highest BCUT2D eigenvalue weighted by Crippen LogP contribution is 2.18. The Bertz CT molecular complexity index is 1320. The zero-order valence-corrected chi connectivity index (χ0v) is 44.1. The standard InChI is InChI=1S/C56H97N3O10/c1-6-10-14-18-24-32-50(33-25-19-15-11-7-2)68-54(62)38-30-22-28-36-52(60)65-46-49(48-67-56(64)57-40-41-59-44-42-58(5)43-45-59)47-66-53(61)37-29-23-31-39-55(63)69-51(34-26-20-16-12-8-3)35-27-21-17-13-9-4/h10-17,49-51H,6-9,18-48H2,1-5H3,(H,57,64)/b14-10-,15-11-,16-12-,17-13-. The minimum Gasteiger partial charge on any atom is -0.465 e. The molecule has 0 aliphatic carbocycles. The van der Waals surface area contributed by atoms with Gasteiger partial charge in [-0.1, -0.05) is 89.1 Å². The van der Waals surface area contributed by atoms with Crippen molar-refractivity contribution in [2.24, 2.45) is 5.92 Å². The summed E-state index contributed by atoms with van der Waals surface area (Å²) in [4.78, 5) is 68.3. The first kappa shape index (κ1) is 63.0. The molecule has 13 nitrogen and oxygen atoms in total. The Kier molecular flexibility index (Phi) is 41.3. The minimum atomic E-state index is -0.581. The van der Waals surface area contributed by atoms with Gasteiger partial charge in [0.15, 0.2) is 0 Å². The van der Waals surface area contributed by atoms with Gasteiger partial charge in [-0.2, -0.15) is 0 Å². The summed E-state index contributed by atoms with van der Waals surface area (Å²) in [6.07, 6.45) is 36.7. The molecule has 1 aliphatic rings. The summed E-state index contributed by atoms with van der Waals surface area (Å²) >= 11 is 0. The van der Waals surface area contributed by atoms with Gasteiger partial charge in [0.05, 0.1) is 5.92 Å². The van der Waals surface area contributed by atoms with Gasteiger partial charge in [0, 0.05) is 65.0 Å². The predicted octanol–water partition coefficient (Wildman–Crippen LogP) is 11.9. The molecule has 1 fully saturated rings. The largest absolute Gasteiger partial charge is 0.465 e. The first-order chi connectivity index (χ1) is 33.6. The molecule has 0 atom stereocenters. The first-order valence-electron chi connectivity index (χ1n) is 27.2. The maximum absolute atomic E-state index is 12.8. The monoisotopic (exact) mass is 972 g/mol. The van der Waals surface area contributed by atoms with E-state index in [9.17, 15) is 24.0 Å². The van der Waals surface area contributed by atoms with Crippen LogP contribution in [0, 0.1) is 5.92 Å². The van der Waals surface area contributed by atoms with E-state index in [4.69, 9.17) is 23.7 Å². The van der Waals surface area contributed by atoms with Gasteiger partial charge in [-0.25, -0.2) is 4.79 Å².